The number of aliphatic imine (C=N–C) groups is 1. The fourth-order valence-electron chi connectivity index (χ4n) is 1.96. The number of hydrogen-bond acceptors (Lipinski definition) is 2. The lowest BCUT2D eigenvalue weighted by atomic mass is 9.95. The quantitative estimate of drug-likeness (QED) is 0.692. The van der Waals surface area contributed by atoms with Gasteiger partial charge in [0.1, 0.15) is 0 Å². The molecule has 0 atom stereocenters. The van der Waals surface area contributed by atoms with Gasteiger partial charge in [-0.15, -0.1) is 0 Å². The minimum Gasteiger partial charge on any atom is -0.334 e. The molecular formula is C17H24N2S. The second-order valence-electron chi connectivity index (χ2n) is 7.24. The van der Waals surface area contributed by atoms with Crippen molar-refractivity contribution in [2.75, 3.05) is 5.32 Å². The Morgan fingerprint density at radius 1 is 1.05 bits per heavy atom. The number of para-hydroxylation sites is 1. The molecule has 1 aromatic rings. The summed E-state index contributed by atoms with van der Waals surface area (Å²) in [6.07, 6.45) is 2.33. The van der Waals surface area contributed by atoms with Gasteiger partial charge in [-0.1, -0.05) is 56.8 Å². The summed E-state index contributed by atoms with van der Waals surface area (Å²) in [5, 5.41) is 4.42. The number of thioether (sulfide) groups is 1. The zero-order chi connectivity index (χ0) is 15.0. The molecule has 0 fully saturated rings. The van der Waals surface area contributed by atoms with Gasteiger partial charge in [0.2, 0.25) is 0 Å². The molecule has 1 aromatic carbocycles. The molecule has 1 heterocycles. The van der Waals surface area contributed by atoms with E-state index >= 15 is 0 Å². The van der Waals surface area contributed by atoms with Crippen LogP contribution in [0.5, 0.6) is 0 Å². The fourth-order valence-corrected chi connectivity index (χ4v) is 3.35. The number of rotatable bonds is 0. The van der Waals surface area contributed by atoms with Gasteiger partial charge in [-0.3, -0.25) is 4.99 Å². The van der Waals surface area contributed by atoms with E-state index in [0.717, 1.165) is 10.9 Å². The van der Waals surface area contributed by atoms with Gasteiger partial charge in [0.05, 0.1) is 5.54 Å². The molecule has 1 aliphatic rings. The lowest BCUT2D eigenvalue weighted by Gasteiger charge is -2.26. The van der Waals surface area contributed by atoms with E-state index in [9.17, 15) is 0 Å². The van der Waals surface area contributed by atoms with Crippen molar-refractivity contribution in [2.24, 2.45) is 10.4 Å². The molecule has 3 heteroatoms. The molecule has 2 nitrogen and oxygen atoms in total. The van der Waals surface area contributed by atoms with Crippen molar-refractivity contribution in [1.82, 2.24) is 0 Å². The van der Waals surface area contributed by atoms with Crippen LogP contribution in [0.25, 0.3) is 4.91 Å². The predicted molar refractivity (Wildman–Crippen MR) is 92.3 cm³/mol. The number of benzene rings is 1. The number of anilines is 1. The number of nitrogens with zero attached hydrogens (tertiary/aromatic N) is 1. The molecule has 20 heavy (non-hydrogen) atoms. The van der Waals surface area contributed by atoms with Crippen LogP contribution in [-0.2, 0) is 0 Å². The monoisotopic (exact) mass is 288 g/mol. The highest BCUT2D eigenvalue weighted by Crippen LogP contribution is 2.41. The van der Waals surface area contributed by atoms with Crippen LogP contribution in [-0.4, -0.2) is 10.7 Å². The van der Waals surface area contributed by atoms with Gasteiger partial charge in [-0.2, -0.15) is 0 Å². The minimum atomic E-state index is -0.0749. The third-order valence-corrected chi connectivity index (χ3v) is 3.59. The molecular weight excluding hydrogens is 264 g/mol. The number of nitrogens with one attached hydrogen (secondary N) is 1. The Bertz CT molecular complexity index is 557. The first-order valence-electron chi connectivity index (χ1n) is 7.01. The van der Waals surface area contributed by atoms with Crippen molar-refractivity contribution in [3.63, 3.8) is 0 Å². The fraction of sp³-hybridized carbons (Fsp3) is 0.471. The van der Waals surface area contributed by atoms with E-state index in [1.54, 1.807) is 11.8 Å². The highest BCUT2D eigenvalue weighted by molar-refractivity contribution is 8.22. The van der Waals surface area contributed by atoms with Crippen molar-refractivity contribution >= 4 is 27.5 Å². The van der Waals surface area contributed by atoms with Gasteiger partial charge in [0.25, 0.3) is 0 Å². The highest BCUT2D eigenvalue weighted by atomic mass is 32.2. The Morgan fingerprint density at radius 3 is 2.30 bits per heavy atom. The van der Waals surface area contributed by atoms with Crippen molar-refractivity contribution in [3.8, 4) is 0 Å². The van der Waals surface area contributed by atoms with Crippen LogP contribution >= 0.6 is 11.8 Å². The Balaban J connectivity index is 2.47. The maximum atomic E-state index is 4.78. The van der Waals surface area contributed by atoms with Gasteiger partial charge in [-0.25, -0.2) is 0 Å². The van der Waals surface area contributed by atoms with E-state index in [-0.39, 0.29) is 11.0 Å². The molecule has 0 saturated carbocycles. The zero-order valence-corrected chi connectivity index (χ0v) is 14.1. The lowest BCUT2D eigenvalue weighted by Crippen LogP contribution is -2.21. The van der Waals surface area contributed by atoms with E-state index in [1.807, 2.05) is 0 Å². The summed E-state index contributed by atoms with van der Waals surface area (Å²) in [5.41, 5.74) is 2.48. The predicted octanol–water partition coefficient (Wildman–Crippen LogP) is 5.39. The van der Waals surface area contributed by atoms with Gasteiger partial charge in [0, 0.05) is 16.2 Å². The average molecular weight is 288 g/mol. The third kappa shape index (κ3) is 4.14. The zero-order valence-electron chi connectivity index (χ0n) is 13.2. The molecule has 0 unspecified atom stereocenters. The molecule has 0 saturated heterocycles. The maximum Gasteiger partial charge on any atom is 0.166 e. The number of amidine groups is 1. The van der Waals surface area contributed by atoms with Crippen LogP contribution in [0.1, 0.15) is 47.1 Å². The summed E-state index contributed by atoms with van der Waals surface area (Å²) < 4.78 is 0. The van der Waals surface area contributed by atoms with Crippen molar-refractivity contribution in [2.45, 2.75) is 47.1 Å². The molecule has 1 aliphatic heterocycles. The van der Waals surface area contributed by atoms with Crippen LogP contribution in [0, 0.1) is 5.41 Å². The van der Waals surface area contributed by atoms with Gasteiger partial charge < -0.3 is 5.32 Å². The summed E-state index contributed by atoms with van der Waals surface area (Å²) in [5.74, 6) is 0. The van der Waals surface area contributed by atoms with Gasteiger partial charge >= 0.3 is 0 Å². The molecule has 0 amide bonds. The van der Waals surface area contributed by atoms with Crippen LogP contribution in [0.2, 0.25) is 0 Å². The first kappa shape index (κ1) is 15.2. The Hall–Kier alpha value is -1.22. The second kappa shape index (κ2) is 5.28. The van der Waals surface area contributed by atoms with Crippen LogP contribution in [0.4, 0.5) is 5.69 Å². The highest BCUT2D eigenvalue weighted by Gasteiger charge is 2.22. The summed E-state index contributed by atoms with van der Waals surface area (Å²) in [7, 11) is 0. The molecule has 0 radical (unpaired) electrons. The lowest BCUT2D eigenvalue weighted by molar-refractivity contribution is 0.546. The Labute approximate surface area is 126 Å². The van der Waals surface area contributed by atoms with E-state index in [0.29, 0.717) is 0 Å². The van der Waals surface area contributed by atoms with E-state index < -0.39 is 0 Å². The van der Waals surface area contributed by atoms with Crippen LogP contribution in [0.3, 0.4) is 0 Å². The standard InChI is InChI=1S/C17H24N2S/c1-16(2,3)11-14-12-9-7-8-10-13(12)18-15(20-14)19-17(4,5)6/h7-11H,1-6H3,(H,18,19)/b14-11-. The molecule has 0 spiro atoms. The molecule has 108 valence electrons. The number of hydrogen-bond donors (Lipinski definition) is 1. The molecule has 1 N–H and O–H groups in total. The Morgan fingerprint density at radius 2 is 1.70 bits per heavy atom. The SMILES string of the molecule is CC(C)(C)/C=C1\SC(=NC(C)(C)C)Nc2ccccc21. The van der Waals surface area contributed by atoms with Crippen LogP contribution in [0.15, 0.2) is 35.3 Å². The third-order valence-electron chi connectivity index (χ3n) is 2.64. The molecule has 0 aliphatic carbocycles. The average Bonchev–Trinajstić information content (AvgIpc) is 2.24. The van der Waals surface area contributed by atoms with Crippen LogP contribution < -0.4 is 5.32 Å². The molecule has 2 rings (SSSR count). The minimum absolute atomic E-state index is 0.0749. The first-order chi connectivity index (χ1) is 9.14. The topological polar surface area (TPSA) is 24.4 Å². The number of allylic oxidation sites excluding steroid dienone is 1. The smallest absolute Gasteiger partial charge is 0.166 e. The summed E-state index contributed by atoms with van der Waals surface area (Å²) in [4.78, 5) is 6.06. The van der Waals surface area contributed by atoms with E-state index in [4.69, 9.17) is 4.99 Å². The van der Waals surface area contributed by atoms with Crippen molar-refractivity contribution in [3.05, 3.63) is 35.9 Å². The second-order valence-corrected chi connectivity index (χ2v) is 8.27. The maximum absolute atomic E-state index is 4.78. The van der Waals surface area contributed by atoms with Gasteiger partial charge in [-0.05, 0) is 32.3 Å². The Kier molecular flexibility index (Phi) is 4.01. The van der Waals surface area contributed by atoms with Crippen molar-refractivity contribution in [1.29, 1.82) is 0 Å². The largest absolute Gasteiger partial charge is 0.334 e. The van der Waals surface area contributed by atoms with Crippen molar-refractivity contribution < 1.29 is 0 Å². The van der Waals surface area contributed by atoms with Gasteiger partial charge in [0.15, 0.2) is 5.17 Å². The summed E-state index contributed by atoms with van der Waals surface area (Å²) in [6.45, 7) is 13.0. The van der Waals surface area contributed by atoms with E-state index in [1.165, 1.54) is 10.5 Å². The normalized spacial score (nSPS) is 19.9. The number of fused-ring (bicyclic) bond motifs is 1. The summed E-state index contributed by atoms with van der Waals surface area (Å²) >= 11 is 1.73. The first-order valence-corrected chi connectivity index (χ1v) is 7.83. The summed E-state index contributed by atoms with van der Waals surface area (Å²) in [6, 6.07) is 8.43. The molecule has 0 bridgehead atoms. The molecule has 0 aromatic heterocycles. The van der Waals surface area contributed by atoms with E-state index in [2.05, 4.69) is 77.2 Å².